The Morgan fingerprint density at radius 1 is 1.15 bits per heavy atom. The molecule has 0 amide bonds. The average Bonchev–Trinajstić information content (AvgIpc) is 2.62. The van der Waals surface area contributed by atoms with Crippen LogP contribution in [0.2, 0.25) is 5.02 Å². The van der Waals surface area contributed by atoms with Gasteiger partial charge in [0.25, 0.3) is 10.0 Å². The van der Waals surface area contributed by atoms with E-state index in [1.54, 1.807) is 37.3 Å². The summed E-state index contributed by atoms with van der Waals surface area (Å²) >= 11 is 6.13. The number of benzene rings is 2. The van der Waals surface area contributed by atoms with Gasteiger partial charge >= 0.3 is 5.97 Å². The highest BCUT2D eigenvalue weighted by Gasteiger charge is 2.29. The number of carbonyl (C=O) groups is 1. The Labute approximate surface area is 158 Å². The van der Waals surface area contributed by atoms with Crippen molar-refractivity contribution in [2.45, 2.75) is 18.7 Å². The van der Waals surface area contributed by atoms with Crippen LogP contribution < -0.4 is 9.04 Å². The topological polar surface area (TPSA) is 72.9 Å². The summed E-state index contributed by atoms with van der Waals surface area (Å²) in [4.78, 5) is 11.9. The van der Waals surface area contributed by atoms with Crippen molar-refractivity contribution in [1.29, 1.82) is 0 Å². The lowest BCUT2D eigenvalue weighted by atomic mass is 10.2. The molecule has 0 heterocycles. The normalized spacial score (nSPS) is 11.1. The smallest absolute Gasteiger partial charge is 0.326 e. The van der Waals surface area contributed by atoms with Gasteiger partial charge in [0.15, 0.2) is 0 Å². The summed E-state index contributed by atoms with van der Waals surface area (Å²) in [5.74, 6) is -0.121. The SMILES string of the molecule is CCOc1ccc(S(=O)(=O)N(CC(=O)OC)c2cccc(Cl)c2C)cc1. The van der Waals surface area contributed by atoms with Gasteiger partial charge in [-0.05, 0) is 55.8 Å². The number of esters is 1. The second kappa shape index (κ2) is 8.42. The van der Waals surface area contributed by atoms with Gasteiger partial charge in [-0.2, -0.15) is 0 Å². The second-order valence-electron chi connectivity index (χ2n) is 5.38. The number of ether oxygens (including phenoxy) is 2. The van der Waals surface area contributed by atoms with Crippen molar-refractivity contribution in [3.05, 3.63) is 53.1 Å². The van der Waals surface area contributed by atoms with Gasteiger partial charge in [-0.25, -0.2) is 8.42 Å². The minimum atomic E-state index is -4.01. The van der Waals surface area contributed by atoms with Crippen LogP contribution in [0.4, 0.5) is 5.69 Å². The fraction of sp³-hybridized carbons (Fsp3) is 0.278. The molecule has 2 rings (SSSR count). The molecule has 2 aromatic carbocycles. The first-order valence-electron chi connectivity index (χ1n) is 7.88. The third-order valence-electron chi connectivity index (χ3n) is 3.73. The fourth-order valence-electron chi connectivity index (χ4n) is 2.35. The van der Waals surface area contributed by atoms with Crippen molar-refractivity contribution < 1.29 is 22.7 Å². The molecule has 0 saturated heterocycles. The quantitative estimate of drug-likeness (QED) is 0.669. The molecule has 0 radical (unpaired) electrons. The van der Waals surface area contributed by atoms with Crippen molar-refractivity contribution in [3.63, 3.8) is 0 Å². The lowest BCUT2D eigenvalue weighted by Crippen LogP contribution is -2.36. The molecule has 2 aromatic rings. The molecule has 0 fully saturated rings. The van der Waals surface area contributed by atoms with Gasteiger partial charge in [0, 0.05) is 5.02 Å². The van der Waals surface area contributed by atoms with Crippen LogP contribution in [0.5, 0.6) is 5.75 Å². The molecule has 8 heteroatoms. The number of methoxy groups -OCH3 is 1. The molecule has 0 aliphatic carbocycles. The van der Waals surface area contributed by atoms with Crippen LogP contribution in [0.15, 0.2) is 47.4 Å². The van der Waals surface area contributed by atoms with Crippen LogP contribution in [-0.4, -0.2) is 34.6 Å². The van der Waals surface area contributed by atoms with Crippen molar-refractivity contribution in [2.75, 3.05) is 24.6 Å². The van der Waals surface area contributed by atoms with E-state index in [0.717, 1.165) is 4.31 Å². The van der Waals surface area contributed by atoms with Crippen LogP contribution in [0.3, 0.4) is 0 Å². The van der Waals surface area contributed by atoms with Crippen LogP contribution in [0.1, 0.15) is 12.5 Å². The van der Waals surface area contributed by atoms with Crippen molar-refractivity contribution in [3.8, 4) is 5.75 Å². The maximum absolute atomic E-state index is 13.2. The number of sulfonamides is 1. The predicted molar refractivity (Wildman–Crippen MR) is 100 cm³/mol. The van der Waals surface area contributed by atoms with Crippen molar-refractivity contribution >= 4 is 33.3 Å². The zero-order chi connectivity index (χ0) is 19.3. The van der Waals surface area contributed by atoms with Crippen LogP contribution in [0.25, 0.3) is 0 Å². The molecule has 0 aliphatic rings. The molecular formula is C18H20ClNO5S. The first-order valence-corrected chi connectivity index (χ1v) is 9.70. The van der Waals surface area contributed by atoms with Gasteiger partial charge in [0.05, 0.1) is 24.3 Å². The van der Waals surface area contributed by atoms with E-state index in [1.807, 2.05) is 6.92 Å². The van der Waals surface area contributed by atoms with Gasteiger partial charge in [-0.1, -0.05) is 17.7 Å². The Hall–Kier alpha value is -2.25. The van der Waals surface area contributed by atoms with Gasteiger partial charge in [0.2, 0.25) is 0 Å². The summed E-state index contributed by atoms with van der Waals surface area (Å²) in [5.41, 5.74) is 0.865. The highest BCUT2D eigenvalue weighted by Crippen LogP contribution is 2.31. The van der Waals surface area contributed by atoms with Gasteiger partial charge in [-0.3, -0.25) is 9.10 Å². The molecule has 140 valence electrons. The molecule has 0 atom stereocenters. The molecule has 0 aliphatic heterocycles. The molecule has 0 spiro atoms. The van der Waals surface area contributed by atoms with E-state index in [0.29, 0.717) is 28.6 Å². The number of rotatable bonds is 7. The Balaban J connectivity index is 2.52. The largest absolute Gasteiger partial charge is 0.494 e. The van der Waals surface area contributed by atoms with Gasteiger partial charge < -0.3 is 9.47 Å². The van der Waals surface area contributed by atoms with E-state index in [9.17, 15) is 13.2 Å². The minimum Gasteiger partial charge on any atom is -0.494 e. The van der Waals surface area contributed by atoms with Crippen LogP contribution in [0, 0.1) is 6.92 Å². The summed E-state index contributed by atoms with van der Waals surface area (Å²) in [6.45, 7) is 3.54. The summed E-state index contributed by atoms with van der Waals surface area (Å²) in [6, 6.07) is 10.9. The van der Waals surface area contributed by atoms with Crippen LogP contribution >= 0.6 is 11.6 Å². The lowest BCUT2D eigenvalue weighted by molar-refractivity contribution is -0.138. The highest BCUT2D eigenvalue weighted by atomic mass is 35.5. The number of halogens is 1. The van der Waals surface area contributed by atoms with E-state index in [4.69, 9.17) is 16.3 Å². The summed E-state index contributed by atoms with van der Waals surface area (Å²) in [5, 5.41) is 0.402. The third-order valence-corrected chi connectivity index (χ3v) is 5.91. The zero-order valence-corrected chi connectivity index (χ0v) is 16.3. The van der Waals surface area contributed by atoms with Crippen molar-refractivity contribution in [2.24, 2.45) is 0 Å². The van der Waals surface area contributed by atoms with Gasteiger partial charge in [-0.15, -0.1) is 0 Å². The summed E-state index contributed by atoms with van der Waals surface area (Å²) < 4.78 is 37.3. The minimum absolute atomic E-state index is 0.0317. The lowest BCUT2D eigenvalue weighted by Gasteiger charge is -2.25. The van der Waals surface area contributed by atoms with E-state index in [-0.39, 0.29) is 4.90 Å². The van der Waals surface area contributed by atoms with E-state index >= 15 is 0 Å². The Kier molecular flexibility index (Phi) is 6.50. The monoisotopic (exact) mass is 397 g/mol. The molecule has 0 unspecified atom stereocenters. The third kappa shape index (κ3) is 4.28. The Morgan fingerprint density at radius 3 is 2.38 bits per heavy atom. The Bertz CT molecular complexity index is 881. The predicted octanol–water partition coefficient (Wildman–Crippen LogP) is 3.42. The number of carbonyl (C=O) groups excluding carboxylic acids is 1. The fourth-order valence-corrected chi connectivity index (χ4v) is 3.99. The molecule has 0 N–H and O–H groups in total. The summed E-state index contributed by atoms with van der Waals surface area (Å²) in [7, 11) is -2.81. The standard InChI is InChI=1S/C18H20ClNO5S/c1-4-25-14-8-10-15(11-9-14)26(22,23)20(12-18(21)24-3)17-7-5-6-16(19)13(17)2/h5-11H,4,12H2,1-3H3. The molecule has 26 heavy (non-hydrogen) atoms. The molecule has 0 saturated carbocycles. The van der Waals surface area contributed by atoms with Crippen molar-refractivity contribution in [1.82, 2.24) is 0 Å². The number of nitrogens with zero attached hydrogens (tertiary/aromatic N) is 1. The molecular weight excluding hydrogens is 378 g/mol. The number of anilines is 1. The first-order chi connectivity index (χ1) is 12.3. The highest BCUT2D eigenvalue weighted by molar-refractivity contribution is 7.92. The number of hydrogen-bond donors (Lipinski definition) is 0. The maximum Gasteiger partial charge on any atom is 0.326 e. The summed E-state index contributed by atoms with van der Waals surface area (Å²) in [6.07, 6.45) is 0. The Morgan fingerprint density at radius 2 is 1.81 bits per heavy atom. The van der Waals surface area contributed by atoms with Crippen LogP contribution in [-0.2, 0) is 19.6 Å². The second-order valence-corrected chi connectivity index (χ2v) is 7.65. The maximum atomic E-state index is 13.2. The van der Waals surface area contributed by atoms with E-state index in [2.05, 4.69) is 4.74 Å². The average molecular weight is 398 g/mol. The number of hydrogen-bond acceptors (Lipinski definition) is 5. The van der Waals surface area contributed by atoms with E-state index in [1.165, 1.54) is 19.2 Å². The van der Waals surface area contributed by atoms with Gasteiger partial charge in [0.1, 0.15) is 12.3 Å². The van der Waals surface area contributed by atoms with E-state index < -0.39 is 22.5 Å². The zero-order valence-electron chi connectivity index (χ0n) is 14.7. The first kappa shape index (κ1) is 20.1. The molecule has 0 aromatic heterocycles. The molecule has 0 bridgehead atoms. The molecule has 6 nitrogen and oxygen atoms in total.